The number of aromatic nitrogens is 3. The Bertz CT molecular complexity index is 882. The number of ether oxygens (including phenoxy) is 1. The molecular weight excluding hydrogens is 322 g/mol. The number of pyridine rings is 3. The van der Waals surface area contributed by atoms with Crippen LogP contribution in [0.5, 0.6) is 11.5 Å². The van der Waals surface area contributed by atoms with Crippen LogP contribution in [0, 0.1) is 0 Å². The maximum absolute atomic E-state index is 10.9. The molecule has 0 unspecified atom stereocenters. The van der Waals surface area contributed by atoms with Gasteiger partial charge in [-0.05, 0) is 30.3 Å². The van der Waals surface area contributed by atoms with E-state index in [1.165, 1.54) is 13.2 Å². The zero-order valence-electron chi connectivity index (χ0n) is 13.3. The van der Waals surface area contributed by atoms with Crippen LogP contribution < -0.4 is 15.4 Å². The monoisotopic (exact) mass is 337 g/mol. The number of nitrogens with zero attached hydrogens (tertiary/aromatic N) is 4. The SMILES string of the molecule is CN(C(=O)O)c1ccc(-c2cc(Oc3ccc(N)nc3)ccn2)cn1. The summed E-state index contributed by atoms with van der Waals surface area (Å²) in [7, 11) is 1.43. The molecular formula is C17H15N5O3. The van der Waals surface area contributed by atoms with Gasteiger partial charge in [0.15, 0.2) is 0 Å². The van der Waals surface area contributed by atoms with Gasteiger partial charge >= 0.3 is 6.09 Å². The number of rotatable bonds is 4. The van der Waals surface area contributed by atoms with Gasteiger partial charge in [0.25, 0.3) is 0 Å². The lowest BCUT2D eigenvalue weighted by Crippen LogP contribution is -2.24. The number of hydrogen-bond donors (Lipinski definition) is 2. The lowest BCUT2D eigenvalue weighted by Gasteiger charge is -2.12. The van der Waals surface area contributed by atoms with Crippen molar-refractivity contribution >= 4 is 17.7 Å². The van der Waals surface area contributed by atoms with Gasteiger partial charge in [0, 0.05) is 31.1 Å². The standard InChI is InChI=1S/C17H15N5O3/c1-22(17(23)24)16-5-2-11(9-21-16)14-8-12(6-7-19-14)25-13-3-4-15(18)20-10-13/h2-10H,1H3,(H2,18,20)(H,23,24). The predicted octanol–water partition coefficient (Wildman–Crippen LogP) is 3.03. The van der Waals surface area contributed by atoms with Crippen molar-refractivity contribution in [2.45, 2.75) is 0 Å². The van der Waals surface area contributed by atoms with E-state index in [-0.39, 0.29) is 0 Å². The van der Waals surface area contributed by atoms with E-state index < -0.39 is 6.09 Å². The number of anilines is 2. The molecule has 0 aromatic carbocycles. The van der Waals surface area contributed by atoms with E-state index in [1.807, 2.05) is 0 Å². The Morgan fingerprint density at radius 1 is 1.08 bits per heavy atom. The molecule has 0 fully saturated rings. The van der Waals surface area contributed by atoms with Crippen LogP contribution in [-0.2, 0) is 0 Å². The van der Waals surface area contributed by atoms with Crippen LogP contribution in [0.1, 0.15) is 0 Å². The molecule has 0 saturated heterocycles. The van der Waals surface area contributed by atoms with E-state index in [4.69, 9.17) is 15.6 Å². The van der Waals surface area contributed by atoms with E-state index in [1.54, 1.807) is 48.8 Å². The number of carboxylic acid groups (broad SMARTS) is 1. The second-order valence-electron chi connectivity index (χ2n) is 5.14. The summed E-state index contributed by atoms with van der Waals surface area (Å²) >= 11 is 0. The number of carbonyl (C=O) groups is 1. The Balaban J connectivity index is 1.81. The third kappa shape index (κ3) is 3.81. The summed E-state index contributed by atoms with van der Waals surface area (Å²) in [5, 5.41) is 8.96. The topological polar surface area (TPSA) is 114 Å². The first-order valence-corrected chi connectivity index (χ1v) is 7.31. The first-order valence-electron chi connectivity index (χ1n) is 7.31. The maximum atomic E-state index is 10.9. The second kappa shape index (κ2) is 6.83. The highest BCUT2D eigenvalue weighted by molar-refractivity contribution is 5.84. The molecule has 3 aromatic rings. The van der Waals surface area contributed by atoms with Crippen LogP contribution in [0.25, 0.3) is 11.3 Å². The molecule has 0 bridgehead atoms. The lowest BCUT2D eigenvalue weighted by atomic mass is 10.2. The van der Waals surface area contributed by atoms with Gasteiger partial charge in [-0.3, -0.25) is 9.88 Å². The fraction of sp³-hybridized carbons (Fsp3) is 0.0588. The van der Waals surface area contributed by atoms with E-state index in [0.29, 0.717) is 28.8 Å². The van der Waals surface area contributed by atoms with Crippen LogP contribution in [0.2, 0.25) is 0 Å². The molecule has 3 heterocycles. The normalized spacial score (nSPS) is 10.3. The summed E-state index contributed by atoms with van der Waals surface area (Å²) in [5.74, 6) is 1.89. The molecule has 0 aliphatic heterocycles. The quantitative estimate of drug-likeness (QED) is 0.752. The Morgan fingerprint density at radius 2 is 1.92 bits per heavy atom. The predicted molar refractivity (Wildman–Crippen MR) is 92.6 cm³/mol. The summed E-state index contributed by atoms with van der Waals surface area (Å²) in [4.78, 5) is 24.4. The molecule has 3 aromatic heterocycles. The van der Waals surface area contributed by atoms with Crippen molar-refractivity contribution in [1.29, 1.82) is 0 Å². The van der Waals surface area contributed by atoms with Gasteiger partial charge in [0.2, 0.25) is 0 Å². The molecule has 0 aliphatic carbocycles. The van der Waals surface area contributed by atoms with Crippen molar-refractivity contribution in [1.82, 2.24) is 15.0 Å². The van der Waals surface area contributed by atoms with Gasteiger partial charge in [-0.1, -0.05) is 0 Å². The Morgan fingerprint density at radius 3 is 2.56 bits per heavy atom. The molecule has 0 aliphatic rings. The number of amides is 1. The van der Waals surface area contributed by atoms with Crippen molar-refractivity contribution in [2.24, 2.45) is 0 Å². The Kier molecular flexibility index (Phi) is 4.42. The second-order valence-corrected chi connectivity index (χ2v) is 5.14. The molecule has 3 rings (SSSR count). The number of nitrogen functional groups attached to an aromatic ring is 1. The molecule has 25 heavy (non-hydrogen) atoms. The van der Waals surface area contributed by atoms with E-state index in [9.17, 15) is 4.79 Å². The highest BCUT2D eigenvalue weighted by Crippen LogP contribution is 2.26. The molecule has 3 N–H and O–H groups in total. The molecule has 0 saturated carbocycles. The van der Waals surface area contributed by atoms with Crippen molar-refractivity contribution in [3.8, 4) is 22.8 Å². The molecule has 126 valence electrons. The van der Waals surface area contributed by atoms with Gasteiger partial charge in [-0.25, -0.2) is 14.8 Å². The van der Waals surface area contributed by atoms with Gasteiger partial charge in [0.05, 0.1) is 11.9 Å². The number of hydrogen-bond acceptors (Lipinski definition) is 6. The van der Waals surface area contributed by atoms with Crippen molar-refractivity contribution < 1.29 is 14.6 Å². The van der Waals surface area contributed by atoms with Gasteiger partial charge in [-0.2, -0.15) is 0 Å². The first-order chi connectivity index (χ1) is 12.0. The van der Waals surface area contributed by atoms with Crippen LogP contribution in [0.4, 0.5) is 16.4 Å². The summed E-state index contributed by atoms with van der Waals surface area (Å²) in [6.07, 6.45) is 3.64. The van der Waals surface area contributed by atoms with E-state index in [0.717, 1.165) is 10.5 Å². The largest absolute Gasteiger partial charge is 0.465 e. The molecule has 8 heteroatoms. The van der Waals surface area contributed by atoms with Crippen LogP contribution in [-0.4, -0.2) is 33.2 Å². The fourth-order valence-corrected chi connectivity index (χ4v) is 2.05. The van der Waals surface area contributed by atoms with Crippen molar-refractivity contribution in [3.63, 3.8) is 0 Å². The minimum atomic E-state index is -1.08. The molecule has 0 atom stereocenters. The minimum absolute atomic E-state index is 0.330. The smallest absolute Gasteiger partial charge is 0.412 e. The van der Waals surface area contributed by atoms with Crippen LogP contribution in [0.15, 0.2) is 55.0 Å². The van der Waals surface area contributed by atoms with E-state index in [2.05, 4.69) is 15.0 Å². The highest BCUT2D eigenvalue weighted by atomic mass is 16.5. The molecule has 0 spiro atoms. The molecule has 0 radical (unpaired) electrons. The highest BCUT2D eigenvalue weighted by Gasteiger charge is 2.10. The van der Waals surface area contributed by atoms with Crippen molar-refractivity contribution in [3.05, 3.63) is 55.0 Å². The Hall–Kier alpha value is -3.68. The Labute approximate surface area is 143 Å². The molecule has 8 nitrogen and oxygen atoms in total. The van der Waals surface area contributed by atoms with E-state index >= 15 is 0 Å². The fourth-order valence-electron chi connectivity index (χ4n) is 2.05. The van der Waals surface area contributed by atoms with Crippen LogP contribution in [0.3, 0.4) is 0 Å². The summed E-state index contributed by atoms with van der Waals surface area (Å²) < 4.78 is 5.72. The summed E-state index contributed by atoms with van der Waals surface area (Å²) in [5.41, 5.74) is 6.94. The molecule has 1 amide bonds. The van der Waals surface area contributed by atoms with Crippen molar-refractivity contribution in [2.75, 3.05) is 17.7 Å². The lowest BCUT2D eigenvalue weighted by molar-refractivity contribution is 0.203. The maximum Gasteiger partial charge on any atom is 0.412 e. The first kappa shape index (κ1) is 16.2. The third-order valence-electron chi connectivity index (χ3n) is 3.40. The minimum Gasteiger partial charge on any atom is -0.465 e. The van der Waals surface area contributed by atoms with Crippen LogP contribution >= 0.6 is 0 Å². The number of nitrogens with two attached hydrogens (primary N) is 1. The summed E-state index contributed by atoms with van der Waals surface area (Å²) in [6, 6.07) is 10.2. The average Bonchev–Trinajstić information content (AvgIpc) is 2.63. The van der Waals surface area contributed by atoms with Gasteiger partial charge in [0.1, 0.15) is 23.1 Å². The third-order valence-corrected chi connectivity index (χ3v) is 3.40. The average molecular weight is 337 g/mol. The summed E-state index contributed by atoms with van der Waals surface area (Å²) in [6.45, 7) is 0. The van der Waals surface area contributed by atoms with Gasteiger partial charge < -0.3 is 15.6 Å². The zero-order valence-corrected chi connectivity index (χ0v) is 13.3. The zero-order chi connectivity index (χ0) is 17.8. The van der Waals surface area contributed by atoms with Gasteiger partial charge in [-0.15, -0.1) is 0 Å².